The van der Waals surface area contributed by atoms with Gasteiger partial charge in [-0.2, -0.15) is 0 Å². The van der Waals surface area contributed by atoms with Gasteiger partial charge in [0.2, 0.25) is 0 Å². The summed E-state index contributed by atoms with van der Waals surface area (Å²) in [6.45, 7) is 9.70. The third kappa shape index (κ3) is 5.36. The van der Waals surface area contributed by atoms with E-state index in [1.54, 1.807) is 25.1 Å². The quantitative estimate of drug-likeness (QED) is 0.590. The van der Waals surface area contributed by atoms with Gasteiger partial charge in [0.25, 0.3) is 0 Å². The highest BCUT2D eigenvalue weighted by molar-refractivity contribution is 5.89. The number of hydrogen-bond acceptors (Lipinski definition) is 6. The number of rotatable bonds is 6. The largest absolute Gasteiger partial charge is 0.450 e. The zero-order valence-corrected chi connectivity index (χ0v) is 18.6. The maximum absolute atomic E-state index is 12.2. The molecule has 2 aromatic carbocycles. The molecule has 4 rings (SSSR count). The van der Waals surface area contributed by atoms with Gasteiger partial charge in [-0.3, -0.25) is 15.1 Å². The maximum Gasteiger partial charge on any atom is 0.411 e. The van der Waals surface area contributed by atoms with Crippen molar-refractivity contribution in [1.29, 1.82) is 0 Å². The summed E-state index contributed by atoms with van der Waals surface area (Å²) >= 11 is 0. The van der Waals surface area contributed by atoms with Crippen molar-refractivity contribution in [2.75, 3.05) is 38.1 Å². The van der Waals surface area contributed by atoms with E-state index < -0.39 is 6.09 Å². The van der Waals surface area contributed by atoms with Crippen LogP contribution in [0.5, 0.6) is 0 Å². The molecule has 0 spiro atoms. The molecule has 168 valence electrons. The molecule has 2 heterocycles. The minimum atomic E-state index is -0.533. The van der Waals surface area contributed by atoms with Crippen molar-refractivity contribution >= 4 is 22.7 Å². The summed E-state index contributed by atoms with van der Waals surface area (Å²) in [5.41, 5.74) is 4.24. The number of hydrogen-bond donors (Lipinski definition) is 1. The Morgan fingerprint density at radius 3 is 2.38 bits per heavy atom. The van der Waals surface area contributed by atoms with Crippen LogP contribution in [-0.4, -0.2) is 48.7 Å². The fourth-order valence-corrected chi connectivity index (χ4v) is 4.10. The Morgan fingerprint density at radius 1 is 1.00 bits per heavy atom. The number of nitrogens with one attached hydrogen (secondary N) is 1. The Hall–Kier alpha value is -3.16. The first-order valence-electron chi connectivity index (χ1n) is 11.0. The van der Waals surface area contributed by atoms with E-state index in [2.05, 4.69) is 46.3 Å². The molecule has 0 unspecified atom stereocenters. The van der Waals surface area contributed by atoms with Crippen molar-refractivity contribution < 1.29 is 13.9 Å². The van der Waals surface area contributed by atoms with Crippen LogP contribution in [0.1, 0.15) is 23.6 Å². The molecule has 1 aliphatic rings. The molecule has 32 heavy (non-hydrogen) atoms. The lowest BCUT2D eigenvalue weighted by molar-refractivity contribution is 0.122. The first-order chi connectivity index (χ1) is 15.5. The number of ether oxygens (including phenoxy) is 1. The minimum absolute atomic E-state index is 0.289. The fourth-order valence-electron chi connectivity index (χ4n) is 4.10. The molecule has 0 radical (unpaired) electrons. The van der Waals surface area contributed by atoms with E-state index in [-0.39, 0.29) is 12.2 Å². The van der Waals surface area contributed by atoms with Crippen LogP contribution in [0.4, 0.5) is 10.5 Å². The van der Waals surface area contributed by atoms with Crippen LogP contribution in [0.15, 0.2) is 57.7 Å². The van der Waals surface area contributed by atoms with Crippen molar-refractivity contribution in [2.45, 2.75) is 26.9 Å². The molecule has 3 aromatic rings. The fraction of sp³-hybridized carbons (Fsp3) is 0.360. The number of amides is 1. The van der Waals surface area contributed by atoms with Crippen LogP contribution in [-0.2, 0) is 17.8 Å². The second-order valence-corrected chi connectivity index (χ2v) is 8.13. The van der Waals surface area contributed by atoms with Gasteiger partial charge in [-0.1, -0.05) is 24.3 Å². The van der Waals surface area contributed by atoms with Crippen LogP contribution in [0, 0.1) is 6.92 Å². The number of carbonyl (C=O) groups is 1. The average Bonchev–Trinajstić information content (AvgIpc) is 2.76. The van der Waals surface area contributed by atoms with Crippen molar-refractivity contribution in [3.05, 3.63) is 75.6 Å². The Balaban J connectivity index is 1.42. The van der Waals surface area contributed by atoms with Crippen molar-refractivity contribution in [3.8, 4) is 0 Å². The van der Waals surface area contributed by atoms with Crippen molar-refractivity contribution in [3.63, 3.8) is 0 Å². The summed E-state index contributed by atoms with van der Waals surface area (Å²) in [7, 11) is 0. The highest BCUT2D eigenvalue weighted by atomic mass is 16.5. The normalized spacial score (nSPS) is 15.1. The average molecular weight is 436 g/mol. The van der Waals surface area contributed by atoms with Gasteiger partial charge in [0.05, 0.1) is 6.61 Å². The molecule has 7 nitrogen and oxygen atoms in total. The number of carbonyl (C=O) groups excluding carboxylic acids is 1. The van der Waals surface area contributed by atoms with Crippen LogP contribution in [0.25, 0.3) is 11.0 Å². The van der Waals surface area contributed by atoms with E-state index in [1.165, 1.54) is 11.1 Å². The molecule has 7 heteroatoms. The molecule has 1 aliphatic heterocycles. The van der Waals surface area contributed by atoms with Crippen LogP contribution in [0.3, 0.4) is 0 Å². The number of anilines is 1. The predicted octanol–water partition coefficient (Wildman–Crippen LogP) is 3.99. The zero-order chi connectivity index (χ0) is 22.5. The predicted molar refractivity (Wildman–Crippen MR) is 125 cm³/mol. The lowest BCUT2D eigenvalue weighted by atomic mass is 10.1. The highest BCUT2D eigenvalue weighted by Crippen LogP contribution is 2.23. The Kier molecular flexibility index (Phi) is 6.87. The van der Waals surface area contributed by atoms with Crippen LogP contribution in [0.2, 0.25) is 0 Å². The van der Waals surface area contributed by atoms with Crippen molar-refractivity contribution in [2.24, 2.45) is 0 Å². The SMILES string of the molecule is CCOC(=O)Nc1ccc2c(CN3CCN(Cc4ccccc4C)CC3)cc(=O)oc2c1. The highest BCUT2D eigenvalue weighted by Gasteiger charge is 2.19. The van der Waals surface area contributed by atoms with Gasteiger partial charge >= 0.3 is 11.7 Å². The molecular formula is C25H29N3O4. The second kappa shape index (κ2) is 9.97. The van der Waals surface area contributed by atoms with Gasteiger partial charge < -0.3 is 9.15 Å². The monoisotopic (exact) mass is 435 g/mol. The maximum atomic E-state index is 12.2. The first kappa shape index (κ1) is 22.0. The van der Waals surface area contributed by atoms with Crippen LogP contribution >= 0.6 is 0 Å². The first-order valence-corrected chi connectivity index (χ1v) is 11.0. The molecule has 0 aliphatic carbocycles. The standard InChI is InChI=1S/C25H29N3O4/c1-3-31-25(30)26-21-8-9-22-20(14-24(29)32-23(22)15-21)17-28-12-10-27(11-13-28)16-19-7-5-4-6-18(19)2/h4-9,14-15H,3,10-13,16-17H2,1-2H3,(H,26,30). The molecule has 0 atom stereocenters. The second-order valence-electron chi connectivity index (χ2n) is 8.13. The molecule has 1 saturated heterocycles. The summed E-state index contributed by atoms with van der Waals surface area (Å²) in [4.78, 5) is 28.7. The summed E-state index contributed by atoms with van der Waals surface area (Å²) in [6, 6.07) is 15.4. The summed E-state index contributed by atoms with van der Waals surface area (Å²) in [5.74, 6) is 0. The summed E-state index contributed by atoms with van der Waals surface area (Å²) < 4.78 is 10.3. The molecule has 1 amide bonds. The van der Waals surface area contributed by atoms with Gasteiger partial charge in [-0.05, 0) is 42.7 Å². The molecule has 1 N–H and O–H groups in total. The Morgan fingerprint density at radius 2 is 1.69 bits per heavy atom. The van der Waals surface area contributed by atoms with Crippen LogP contribution < -0.4 is 10.9 Å². The van der Waals surface area contributed by atoms with E-state index in [0.29, 0.717) is 17.8 Å². The Bertz CT molecular complexity index is 1150. The number of aryl methyl sites for hydroxylation is 1. The summed E-state index contributed by atoms with van der Waals surface area (Å²) in [5, 5.41) is 3.52. The number of benzene rings is 2. The van der Waals surface area contributed by atoms with E-state index >= 15 is 0 Å². The van der Waals surface area contributed by atoms with Gasteiger partial charge in [-0.25, -0.2) is 9.59 Å². The third-order valence-electron chi connectivity index (χ3n) is 5.87. The molecule has 1 fully saturated rings. The minimum Gasteiger partial charge on any atom is -0.450 e. The third-order valence-corrected chi connectivity index (χ3v) is 5.87. The lowest BCUT2D eigenvalue weighted by Gasteiger charge is -2.35. The number of piperazine rings is 1. The molecule has 1 aromatic heterocycles. The van der Waals surface area contributed by atoms with E-state index in [9.17, 15) is 9.59 Å². The van der Waals surface area contributed by atoms with Crippen molar-refractivity contribution in [1.82, 2.24) is 9.80 Å². The molecular weight excluding hydrogens is 406 g/mol. The Labute approximate surface area is 187 Å². The topological polar surface area (TPSA) is 75.0 Å². The van der Waals surface area contributed by atoms with Gasteiger partial charge in [0, 0.05) is 62.5 Å². The molecule has 0 saturated carbocycles. The van der Waals surface area contributed by atoms with E-state index in [1.807, 2.05) is 6.07 Å². The number of fused-ring (bicyclic) bond motifs is 1. The van der Waals surface area contributed by atoms with Gasteiger partial charge in [0.15, 0.2) is 0 Å². The smallest absolute Gasteiger partial charge is 0.411 e. The summed E-state index contributed by atoms with van der Waals surface area (Å²) in [6.07, 6.45) is -0.533. The van der Waals surface area contributed by atoms with Gasteiger partial charge in [-0.15, -0.1) is 0 Å². The van der Waals surface area contributed by atoms with E-state index in [0.717, 1.165) is 43.7 Å². The van der Waals surface area contributed by atoms with Gasteiger partial charge in [0.1, 0.15) is 5.58 Å². The van der Waals surface area contributed by atoms with E-state index in [4.69, 9.17) is 9.15 Å². The molecule has 0 bridgehead atoms. The zero-order valence-electron chi connectivity index (χ0n) is 18.6. The lowest BCUT2D eigenvalue weighted by Crippen LogP contribution is -2.45. The number of nitrogens with zero attached hydrogens (tertiary/aromatic N) is 2.